The highest BCUT2D eigenvalue weighted by Crippen LogP contribution is 2.53. The number of nitrogens with zero attached hydrogens (tertiary/aromatic N) is 4. The fraction of sp³-hybridized carbons (Fsp3) is 0.160. The van der Waals surface area contributed by atoms with Gasteiger partial charge in [0.05, 0.1) is 43.1 Å². The van der Waals surface area contributed by atoms with Gasteiger partial charge in [-0.05, 0) is 96.0 Å². The third kappa shape index (κ3) is 7.46. The highest BCUT2D eigenvalue weighted by molar-refractivity contribution is 7.33. The lowest BCUT2D eigenvalue weighted by Gasteiger charge is -2.25. The Balaban J connectivity index is 1.14. The number of ether oxygens (including phenoxy) is 2. The maximum Gasteiger partial charge on any atom is 0.194 e. The molecule has 0 spiro atoms. The number of fused-ring (bicyclic) bond motifs is 5. The molecule has 3 aliphatic rings. The second-order valence-corrected chi connectivity index (χ2v) is 25.9. The molecule has 0 saturated heterocycles. The molecule has 2 aliphatic carbocycles. The van der Waals surface area contributed by atoms with Crippen LogP contribution in [0.2, 0.25) is 32.2 Å². The van der Waals surface area contributed by atoms with Crippen LogP contribution >= 0.6 is 91.8 Å². The minimum atomic E-state index is -2.28. The number of hydrogen-bond donors (Lipinski definition) is 0. The predicted octanol–water partition coefficient (Wildman–Crippen LogP) is 14.4. The summed E-state index contributed by atoms with van der Waals surface area (Å²) < 4.78 is 12.5. The van der Waals surface area contributed by atoms with Crippen molar-refractivity contribution in [2.75, 3.05) is 13.2 Å². The Hall–Kier alpha value is -5.52. The first-order chi connectivity index (χ1) is 32.3. The van der Waals surface area contributed by atoms with Crippen LogP contribution in [-0.4, -0.2) is 32.9 Å². The van der Waals surface area contributed by atoms with Gasteiger partial charge in [-0.15, -0.1) is 45.3 Å². The summed E-state index contributed by atoms with van der Waals surface area (Å²) in [5.41, 5.74) is 1.76. The van der Waals surface area contributed by atoms with Gasteiger partial charge in [-0.25, -0.2) is 0 Å². The molecule has 1 aliphatic heterocycles. The molecule has 67 heavy (non-hydrogen) atoms. The molecule has 6 aromatic rings. The Morgan fingerprint density at radius 1 is 0.537 bits per heavy atom. The maximum atomic E-state index is 13.9. The Kier molecular flexibility index (Phi) is 12.6. The number of halogens is 4. The van der Waals surface area contributed by atoms with Crippen LogP contribution < -0.4 is 19.8 Å². The molecule has 0 unspecified atom stereocenters. The molecule has 0 bridgehead atoms. The Morgan fingerprint density at radius 2 is 0.896 bits per heavy atom. The highest BCUT2D eigenvalue weighted by Gasteiger charge is 2.46. The topological polar surface area (TPSA) is 148 Å². The van der Waals surface area contributed by atoms with E-state index in [0.29, 0.717) is 45.6 Å². The number of Topliss-reactive ketones (excluding diaryl/α,β-unsaturated/α-hetero) is 2. The van der Waals surface area contributed by atoms with Gasteiger partial charge in [-0.2, -0.15) is 21.0 Å². The molecule has 0 fully saturated rings. The summed E-state index contributed by atoms with van der Waals surface area (Å²) in [7, 11) is -2.28. The number of allylic oxidation sites excluding steroid dienone is 6. The van der Waals surface area contributed by atoms with Crippen LogP contribution in [0.5, 0.6) is 11.5 Å². The van der Waals surface area contributed by atoms with Crippen molar-refractivity contribution in [2.45, 2.75) is 39.8 Å². The molecule has 0 saturated carbocycles. The van der Waals surface area contributed by atoms with Crippen LogP contribution in [0.1, 0.15) is 69.3 Å². The fourth-order valence-corrected chi connectivity index (χ4v) is 20.5. The summed E-state index contributed by atoms with van der Waals surface area (Å²) in [6, 6.07) is 24.2. The van der Waals surface area contributed by atoms with Crippen molar-refractivity contribution in [3.8, 4) is 65.0 Å². The van der Waals surface area contributed by atoms with Gasteiger partial charge in [0.25, 0.3) is 0 Å². The van der Waals surface area contributed by atoms with E-state index >= 15 is 0 Å². The number of nitriles is 4. The SMILES string of the molecule is CCOc1cc(/C=C2\C(=O)c3cc(Cl)c(Cl)cc3C2=C(C#N)C#N)sc1-c1cc2c(s1)-c1sc(-c3sc(/C=C4\C(=O)c5cc(Cl)c(Cl)cc5C4=C(C#N)C#N)cc3OCC)cc1[Si]2(CC)CC. The van der Waals surface area contributed by atoms with Crippen molar-refractivity contribution < 1.29 is 19.1 Å². The summed E-state index contributed by atoms with van der Waals surface area (Å²) in [5, 5.41) is 43.3. The standard InChI is InChI=1S/C50H30Cl4N4O4S4Si/c1-5-61-37-11-25(9-31-43(23(19-55)20-56)27-13-33(51)35(53)15-29(27)45(31)59)63-47(37)39-17-41-49(65-39)50-42(67(41,7-3)8-4)18-40(66-50)48-38(62-6-2)12-26(64-48)10-32-44(24(21-57)22-58)28-14-34(52)36(54)16-30(28)46(32)60/h9-18H,5-8H2,1-4H3/b31-9-,32-10-. The van der Waals surface area contributed by atoms with E-state index in [1.807, 2.05) is 50.3 Å². The molecule has 330 valence electrons. The molecule has 0 amide bonds. The lowest BCUT2D eigenvalue weighted by atomic mass is 9.99. The van der Waals surface area contributed by atoms with E-state index in [9.17, 15) is 30.6 Å². The quantitative estimate of drug-likeness (QED) is 0.0748. The minimum Gasteiger partial charge on any atom is -0.492 e. The van der Waals surface area contributed by atoms with E-state index in [2.05, 4.69) is 26.0 Å². The minimum absolute atomic E-state index is 0.196. The molecule has 8 nitrogen and oxygen atoms in total. The van der Waals surface area contributed by atoms with Crippen molar-refractivity contribution in [3.63, 3.8) is 0 Å². The zero-order chi connectivity index (χ0) is 47.6. The lowest BCUT2D eigenvalue weighted by molar-refractivity contribution is 0.103. The number of ketones is 2. The van der Waals surface area contributed by atoms with Crippen molar-refractivity contribution in [2.24, 2.45) is 0 Å². The van der Waals surface area contributed by atoms with Gasteiger partial charge in [-0.3, -0.25) is 9.59 Å². The van der Waals surface area contributed by atoms with Crippen LogP contribution in [0.15, 0.2) is 70.8 Å². The van der Waals surface area contributed by atoms with Crippen LogP contribution in [-0.2, 0) is 0 Å². The second-order valence-electron chi connectivity index (χ2n) is 15.4. The van der Waals surface area contributed by atoms with Gasteiger partial charge < -0.3 is 9.47 Å². The molecule has 4 aromatic heterocycles. The first-order valence-corrected chi connectivity index (χ1v) is 27.9. The molecule has 0 atom stereocenters. The first kappa shape index (κ1) is 46.6. The van der Waals surface area contributed by atoms with Crippen LogP contribution in [0.25, 0.3) is 52.6 Å². The molecule has 0 N–H and O–H groups in total. The third-order valence-electron chi connectivity index (χ3n) is 12.1. The van der Waals surface area contributed by atoms with E-state index in [1.165, 1.54) is 67.1 Å². The van der Waals surface area contributed by atoms with Gasteiger partial charge >= 0.3 is 0 Å². The van der Waals surface area contributed by atoms with Crippen molar-refractivity contribution in [1.82, 2.24) is 0 Å². The molecule has 5 heterocycles. The van der Waals surface area contributed by atoms with Gasteiger partial charge in [0.2, 0.25) is 0 Å². The zero-order valence-corrected chi connectivity index (χ0v) is 43.0. The smallest absolute Gasteiger partial charge is 0.194 e. The molecular weight excluding hydrogens is 1020 g/mol. The van der Waals surface area contributed by atoms with Crippen LogP contribution in [0.4, 0.5) is 0 Å². The van der Waals surface area contributed by atoms with E-state index in [4.69, 9.17) is 55.9 Å². The van der Waals surface area contributed by atoms with Crippen LogP contribution in [0, 0.1) is 45.3 Å². The van der Waals surface area contributed by atoms with E-state index < -0.39 is 8.07 Å². The molecule has 0 radical (unpaired) electrons. The summed E-state index contributed by atoms with van der Waals surface area (Å²) >= 11 is 31.7. The van der Waals surface area contributed by atoms with Gasteiger partial charge in [0.15, 0.2) is 11.6 Å². The largest absolute Gasteiger partial charge is 0.492 e. The number of thiophene rings is 4. The van der Waals surface area contributed by atoms with Gasteiger partial charge in [0, 0.05) is 62.7 Å². The third-order valence-corrected chi connectivity index (χ3v) is 24.1. The average Bonchev–Trinajstić information content (AvgIpc) is 4.19. The molecule has 2 aromatic carbocycles. The summed E-state index contributed by atoms with van der Waals surface area (Å²) in [4.78, 5) is 35.6. The van der Waals surface area contributed by atoms with Gasteiger partial charge in [0.1, 0.15) is 55.0 Å². The van der Waals surface area contributed by atoms with Gasteiger partial charge in [-0.1, -0.05) is 72.3 Å². The number of hydrogen-bond acceptors (Lipinski definition) is 12. The van der Waals surface area contributed by atoms with Crippen LogP contribution in [0.3, 0.4) is 0 Å². The normalized spacial score (nSPS) is 15.2. The zero-order valence-electron chi connectivity index (χ0n) is 35.7. The van der Waals surface area contributed by atoms with Crippen molar-refractivity contribution in [1.29, 1.82) is 21.0 Å². The number of carbonyl (C=O) groups is 2. The summed E-state index contributed by atoms with van der Waals surface area (Å²) in [6.45, 7) is 9.19. The van der Waals surface area contributed by atoms with E-state index in [1.54, 1.807) is 34.8 Å². The maximum absolute atomic E-state index is 13.9. The molecular formula is C50H30Cl4N4O4S4Si. The summed E-state index contributed by atoms with van der Waals surface area (Å²) in [6.07, 6.45) is 3.42. The predicted molar refractivity (Wildman–Crippen MR) is 276 cm³/mol. The Labute approximate surface area is 422 Å². The lowest BCUT2D eigenvalue weighted by Crippen LogP contribution is -2.53. The van der Waals surface area contributed by atoms with Crippen molar-refractivity contribution in [3.05, 3.63) is 123 Å². The van der Waals surface area contributed by atoms with E-state index in [0.717, 1.165) is 31.6 Å². The van der Waals surface area contributed by atoms with Crippen molar-refractivity contribution >= 4 is 145 Å². The summed E-state index contributed by atoms with van der Waals surface area (Å²) in [5.74, 6) is 0.610. The molecule has 17 heteroatoms. The Bertz CT molecular complexity index is 3260. The van der Waals surface area contributed by atoms with E-state index in [-0.39, 0.29) is 76.2 Å². The molecule has 9 rings (SSSR count). The first-order valence-electron chi connectivity index (χ1n) is 20.7. The highest BCUT2D eigenvalue weighted by atomic mass is 35.5. The number of rotatable bonds is 10. The fourth-order valence-electron chi connectivity index (χ4n) is 9.07. The number of benzene rings is 2. The average molecular weight is 1050 g/mol. The monoisotopic (exact) mass is 1050 g/mol. The second kappa shape index (κ2) is 18.2. The number of carbonyl (C=O) groups excluding carboxylic acids is 2. The Morgan fingerprint density at radius 3 is 1.22 bits per heavy atom.